The van der Waals surface area contributed by atoms with E-state index in [1.807, 2.05) is 17.7 Å². The van der Waals surface area contributed by atoms with Crippen molar-refractivity contribution in [2.45, 2.75) is 38.0 Å². The third-order valence-corrected chi connectivity index (χ3v) is 6.39. The number of carbonyl (C=O) groups excluding carboxylic acids is 1. The summed E-state index contributed by atoms with van der Waals surface area (Å²) < 4.78 is 69.8. The average molecular weight is 491 g/mol. The number of aryl methyl sites for hydroxylation is 3. The van der Waals surface area contributed by atoms with E-state index < -0.39 is 36.7 Å². The third-order valence-electron chi connectivity index (χ3n) is 6.39. The zero-order chi connectivity index (χ0) is 25.0. The molecule has 0 N–H and O–H groups in total. The van der Waals surface area contributed by atoms with Gasteiger partial charge in [0.05, 0.1) is 25.2 Å². The molecule has 0 aliphatic carbocycles. The second kappa shape index (κ2) is 8.40. The van der Waals surface area contributed by atoms with Crippen LogP contribution in [0.25, 0.3) is 0 Å². The number of aromatic nitrogens is 3. The van der Waals surface area contributed by atoms with Crippen LogP contribution in [0.5, 0.6) is 0 Å². The van der Waals surface area contributed by atoms with E-state index in [1.54, 1.807) is 24.5 Å². The number of amides is 1. The Hall–Kier alpha value is -3.34. The largest absolute Gasteiger partial charge is 0.416 e. The van der Waals surface area contributed by atoms with Crippen molar-refractivity contribution >= 4 is 11.6 Å². The molecule has 1 amide bonds. The fourth-order valence-electron chi connectivity index (χ4n) is 4.67. The number of anilines is 1. The zero-order valence-corrected chi connectivity index (χ0v) is 18.8. The van der Waals surface area contributed by atoms with E-state index in [2.05, 4.69) is 10.2 Å². The summed E-state index contributed by atoms with van der Waals surface area (Å²) in [7, 11) is 1.84. The van der Waals surface area contributed by atoms with Gasteiger partial charge in [-0.2, -0.15) is 13.2 Å². The van der Waals surface area contributed by atoms with Crippen molar-refractivity contribution in [3.63, 3.8) is 0 Å². The molecule has 35 heavy (non-hydrogen) atoms. The van der Waals surface area contributed by atoms with Gasteiger partial charge in [-0.1, -0.05) is 12.1 Å². The van der Waals surface area contributed by atoms with Crippen LogP contribution in [0.4, 0.5) is 27.6 Å². The van der Waals surface area contributed by atoms with Gasteiger partial charge in [-0.3, -0.25) is 9.69 Å². The highest BCUT2D eigenvalue weighted by atomic mass is 19.4. The Balaban J connectivity index is 1.40. The summed E-state index contributed by atoms with van der Waals surface area (Å²) in [5.41, 5.74) is 0.575. The lowest BCUT2D eigenvalue weighted by atomic mass is 9.98. The number of likely N-dealkylation sites (tertiary alicyclic amines) is 1. The maximum Gasteiger partial charge on any atom is 0.416 e. The van der Waals surface area contributed by atoms with Gasteiger partial charge in [0.25, 0.3) is 11.8 Å². The highest BCUT2D eigenvalue weighted by Crippen LogP contribution is 2.40. The summed E-state index contributed by atoms with van der Waals surface area (Å²) in [5.74, 6) is -2.57. The molecule has 11 heteroatoms. The molecule has 2 aliphatic rings. The predicted octanol–water partition coefficient (Wildman–Crippen LogP) is 4.23. The Bertz CT molecular complexity index is 1280. The molecule has 3 heterocycles. The van der Waals surface area contributed by atoms with Crippen LogP contribution in [0.15, 0.2) is 42.7 Å². The summed E-state index contributed by atoms with van der Waals surface area (Å²) in [4.78, 5) is 15.9. The van der Waals surface area contributed by atoms with E-state index >= 15 is 0 Å². The van der Waals surface area contributed by atoms with E-state index in [9.17, 15) is 26.7 Å². The van der Waals surface area contributed by atoms with Gasteiger partial charge in [0, 0.05) is 31.3 Å². The highest BCUT2D eigenvalue weighted by Gasteiger charge is 2.44. The highest BCUT2D eigenvalue weighted by molar-refractivity contribution is 6.10. The minimum absolute atomic E-state index is 0.0356. The van der Waals surface area contributed by atoms with Crippen LogP contribution in [-0.4, -0.2) is 44.6 Å². The van der Waals surface area contributed by atoms with Crippen molar-refractivity contribution in [1.29, 1.82) is 0 Å². The van der Waals surface area contributed by atoms with Crippen LogP contribution in [0.3, 0.4) is 0 Å². The fraction of sp³-hybridized carbons (Fsp3) is 0.375. The van der Waals surface area contributed by atoms with Gasteiger partial charge in [-0.25, -0.2) is 8.78 Å². The first kappa shape index (κ1) is 23.4. The van der Waals surface area contributed by atoms with Crippen molar-refractivity contribution in [1.82, 2.24) is 19.7 Å². The summed E-state index contributed by atoms with van der Waals surface area (Å²) >= 11 is 0. The monoisotopic (exact) mass is 491 g/mol. The van der Waals surface area contributed by atoms with Crippen molar-refractivity contribution in [2.75, 3.05) is 18.0 Å². The van der Waals surface area contributed by atoms with Crippen molar-refractivity contribution in [3.8, 4) is 0 Å². The van der Waals surface area contributed by atoms with Gasteiger partial charge in [0.2, 0.25) is 0 Å². The quantitative estimate of drug-likeness (QED) is 0.485. The lowest BCUT2D eigenvalue weighted by Gasteiger charge is -2.38. The number of halogens is 5. The second-order valence-electron chi connectivity index (χ2n) is 9.09. The summed E-state index contributed by atoms with van der Waals surface area (Å²) in [6.45, 7) is -1.30. The van der Waals surface area contributed by atoms with Gasteiger partial charge in [0.1, 0.15) is 12.2 Å². The Labute approximate surface area is 198 Å². The molecule has 0 radical (unpaired) electrons. The molecule has 0 bridgehead atoms. The van der Waals surface area contributed by atoms with Crippen LogP contribution < -0.4 is 4.90 Å². The number of benzene rings is 2. The van der Waals surface area contributed by atoms with Gasteiger partial charge >= 0.3 is 6.18 Å². The molecule has 2 aromatic carbocycles. The summed E-state index contributed by atoms with van der Waals surface area (Å²) in [5, 5.41) is 7.89. The molecule has 0 atom stereocenters. The third kappa shape index (κ3) is 4.64. The maximum absolute atomic E-state index is 13.9. The Morgan fingerprint density at radius 1 is 1.06 bits per heavy atom. The second-order valence-corrected chi connectivity index (χ2v) is 9.09. The van der Waals surface area contributed by atoms with Crippen LogP contribution in [-0.2, 0) is 39.2 Å². The molecule has 6 nitrogen and oxygen atoms in total. The van der Waals surface area contributed by atoms with Gasteiger partial charge in [-0.05, 0) is 47.4 Å². The number of hydrogen-bond donors (Lipinski definition) is 0. The van der Waals surface area contributed by atoms with E-state index in [0.717, 1.165) is 17.5 Å². The van der Waals surface area contributed by atoms with Gasteiger partial charge in [-0.15, -0.1) is 10.2 Å². The number of nitrogens with zero attached hydrogens (tertiary/aromatic N) is 5. The minimum Gasteiger partial charge on any atom is -0.321 e. The Morgan fingerprint density at radius 2 is 1.83 bits per heavy atom. The van der Waals surface area contributed by atoms with E-state index in [0.29, 0.717) is 18.5 Å². The number of hydrogen-bond acceptors (Lipinski definition) is 4. The number of rotatable bonds is 6. The summed E-state index contributed by atoms with van der Waals surface area (Å²) in [6.07, 6.45) is -1.84. The molecule has 1 saturated heterocycles. The first-order chi connectivity index (χ1) is 16.5. The lowest BCUT2D eigenvalue weighted by molar-refractivity contribution is -0.139. The maximum atomic E-state index is 13.9. The molecule has 1 fully saturated rings. The Morgan fingerprint density at radius 3 is 2.49 bits per heavy atom. The molecule has 0 unspecified atom stereocenters. The number of fused-ring (bicyclic) bond motifs is 1. The molecule has 184 valence electrons. The molecular weight excluding hydrogens is 469 g/mol. The summed E-state index contributed by atoms with van der Waals surface area (Å²) in [6, 6.07) is 9.50. The van der Waals surface area contributed by atoms with E-state index in [4.69, 9.17) is 0 Å². The predicted molar refractivity (Wildman–Crippen MR) is 117 cm³/mol. The van der Waals surface area contributed by atoms with Crippen molar-refractivity contribution in [3.05, 3.63) is 76.4 Å². The number of alkyl halides is 5. The molecule has 0 spiro atoms. The minimum atomic E-state index is -4.67. The van der Waals surface area contributed by atoms with Crippen LogP contribution in [0, 0.1) is 0 Å². The SMILES string of the molecule is Cn1cnnc1CCc1cccc(N2Cc3c(cc(CN4CC(F)(F)C4)cc3C(F)(F)F)C2=O)c1. The van der Waals surface area contributed by atoms with Crippen molar-refractivity contribution in [2.24, 2.45) is 7.05 Å². The molecule has 1 aromatic heterocycles. The molecule has 5 rings (SSSR count). The van der Waals surface area contributed by atoms with Crippen molar-refractivity contribution < 1.29 is 26.7 Å². The molecular formula is C24H22F5N5O. The van der Waals surface area contributed by atoms with Gasteiger partial charge in [0.15, 0.2) is 0 Å². The smallest absolute Gasteiger partial charge is 0.321 e. The number of carbonyl (C=O) groups is 1. The first-order valence-electron chi connectivity index (χ1n) is 11.1. The lowest BCUT2D eigenvalue weighted by Crippen LogP contribution is -2.55. The van der Waals surface area contributed by atoms with E-state index in [-0.39, 0.29) is 29.8 Å². The zero-order valence-electron chi connectivity index (χ0n) is 18.8. The standard InChI is InChI=1S/C24H22F5N5O/c1-32-14-30-31-21(32)6-5-15-3-2-4-17(7-15)34-11-19-18(22(34)35)8-16(9-20(19)24(27,28)29)10-33-12-23(25,26)13-33/h2-4,7-9,14H,5-6,10-13H2,1H3. The average Bonchev–Trinajstić information content (AvgIpc) is 3.33. The van der Waals surface area contributed by atoms with Gasteiger partial charge < -0.3 is 9.47 Å². The normalized spacial score (nSPS) is 17.5. The van der Waals surface area contributed by atoms with Crippen LogP contribution in [0.2, 0.25) is 0 Å². The molecule has 2 aliphatic heterocycles. The topological polar surface area (TPSA) is 54.3 Å². The Kier molecular flexibility index (Phi) is 5.62. The fourth-order valence-corrected chi connectivity index (χ4v) is 4.67. The van der Waals surface area contributed by atoms with Crippen LogP contribution in [0.1, 0.15) is 38.4 Å². The molecule has 3 aromatic rings. The first-order valence-corrected chi connectivity index (χ1v) is 11.1. The molecule has 0 saturated carbocycles. The van der Waals surface area contributed by atoms with E-state index in [1.165, 1.54) is 15.9 Å². The van der Waals surface area contributed by atoms with Crippen LogP contribution >= 0.6 is 0 Å².